The first kappa shape index (κ1) is 78.9. The van der Waals surface area contributed by atoms with Crippen LogP contribution in [0, 0.1) is 52.8 Å². The molecule has 2 nitrogen and oxygen atoms in total. The number of nitrogens with one attached hydrogen (secondary N) is 1. The number of hydrogen-bond acceptors (Lipinski definition) is 2. The Morgan fingerprint density at radius 2 is 0.791 bits per heavy atom. The molecule has 0 heterocycles. The highest BCUT2D eigenvalue weighted by molar-refractivity contribution is 4.90. The molecule has 0 aromatic heterocycles. The highest BCUT2D eigenvalue weighted by Crippen LogP contribution is 2.50. The van der Waals surface area contributed by atoms with Crippen LogP contribution in [0.3, 0.4) is 0 Å². The molecular weight excluding hydrogens is 522 g/mol. The van der Waals surface area contributed by atoms with E-state index in [1.54, 1.807) is 7.11 Å². The van der Waals surface area contributed by atoms with Crippen molar-refractivity contribution in [1.29, 1.82) is 0 Å². The van der Waals surface area contributed by atoms with Crippen LogP contribution >= 0.6 is 0 Å². The summed E-state index contributed by atoms with van der Waals surface area (Å²) in [4.78, 5) is 0. The second-order valence-corrected chi connectivity index (χ2v) is 13.9. The summed E-state index contributed by atoms with van der Waals surface area (Å²) < 4.78 is 4.80. The van der Waals surface area contributed by atoms with Crippen LogP contribution in [0.1, 0.15) is 196 Å². The van der Waals surface area contributed by atoms with Crippen molar-refractivity contribution < 1.29 is 4.74 Å². The van der Waals surface area contributed by atoms with Crippen molar-refractivity contribution in [2.45, 2.75) is 196 Å². The second-order valence-electron chi connectivity index (χ2n) is 13.9. The molecule has 1 N–H and O–H groups in total. The van der Waals surface area contributed by atoms with Crippen LogP contribution in [0.25, 0.3) is 0 Å². The molecule has 0 spiro atoms. The maximum Gasteiger partial charge on any atom is 0.0485 e. The van der Waals surface area contributed by atoms with Gasteiger partial charge in [0, 0.05) is 13.7 Å². The third kappa shape index (κ3) is 92.2. The van der Waals surface area contributed by atoms with Crippen molar-refractivity contribution >= 4 is 0 Å². The maximum absolute atomic E-state index is 4.80. The minimum Gasteiger partial charge on any atom is -0.384 e. The van der Waals surface area contributed by atoms with Crippen LogP contribution in [-0.4, -0.2) is 27.3 Å². The highest BCUT2D eigenvalue weighted by atomic mass is 16.5. The Hall–Kier alpha value is -0.0800. The number of methoxy groups -OCH3 is 1. The molecule has 2 heteroatoms. The molecule has 282 valence electrons. The highest BCUT2D eigenvalue weighted by Gasteiger charge is 2.39. The largest absolute Gasteiger partial charge is 0.384 e. The van der Waals surface area contributed by atoms with Crippen LogP contribution in [0.5, 0.6) is 0 Å². The lowest BCUT2D eigenvalue weighted by Crippen LogP contribution is -2.12. The average Bonchev–Trinajstić information content (AvgIpc) is 3.49. The number of rotatable bonds is 8. The van der Waals surface area contributed by atoms with Crippen molar-refractivity contribution in [2.75, 3.05) is 27.3 Å². The number of hydrogen-bond donors (Lipinski definition) is 1. The van der Waals surface area contributed by atoms with E-state index in [9.17, 15) is 0 Å². The second kappa shape index (κ2) is 51.5. The fourth-order valence-electron chi connectivity index (χ4n) is 1.52. The van der Waals surface area contributed by atoms with Gasteiger partial charge in [0.05, 0.1) is 0 Å². The minimum absolute atomic E-state index is 0. The molecular formula is C41H107NO. The Morgan fingerprint density at radius 1 is 0.535 bits per heavy atom. The summed E-state index contributed by atoms with van der Waals surface area (Å²) in [6, 6.07) is 0. The van der Waals surface area contributed by atoms with Crippen LogP contribution < -0.4 is 5.32 Å². The van der Waals surface area contributed by atoms with Gasteiger partial charge in [0.2, 0.25) is 0 Å². The SMILES string of the molecule is C.C.C.C.C.C.C.CC(C)C(C)C.CC(C)C(C)C.CC(C)C1(C)CC1.CCC(C)C.CNCC(C)C.COCC(C)C. The summed E-state index contributed by atoms with van der Waals surface area (Å²) in [5, 5.41) is 3.07. The first-order valence-corrected chi connectivity index (χ1v) is 15.4. The predicted molar refractivity (Wildman–Crippen MR) is 219 cm³/mol. The van der Waals surface area contributed by atoms with Gasteiger partial charge in [-0.15, -0.1) is 0 Å². The minimum atomic E-state index is 0. The molecule has 1 aliphatic carbocycles. The third-order valence-corrected chi connectivity index (χ3v) is 7.03. The van der Waals surface area contributed by atoms with Gasteiger partial charge in [0.15, 0.2) is 0 Å². The van der Waals surface area contributed by atoms with Crippen LogP contribution in [0.15, 0.2) is 0 Å². The van der Waals surface area contributed by atoms with E-state index in [4.69, 9.17) is 4.74 Å². The molecule has 43 heavy (non-hydrogen) atoms. The summed E-state index contributed by atoms with van der Waals surface area (Å²) in [5.41, 5.74) is 0.750. The third-order valence-electron chi connectivity index (χ3n) is 7.03. The van der Waals surface area contributed by atoms with E-state index < -0.39 is 0 Å². The molecule has 1 saturated carbocycles. The molecule has 1 rings (SSSR count). The normalized spacial score (nSPS) is 11.2. The van der Waals surface area contributed by atoms with Gasteiger partial charge < -0.3 is 10.1 Å². The Labute approximate surface area is 285 Å². The molecule has 0 aromatic rings. The molecule has 0 amide bonds. The zero-order chi connectivity index (χ0) is 30.1. The van der Waals surface area contributed by atoms with E-state index in [0.717, 1.165) is 60.0 Å². The maximum atomic E-state index is 4.80. The fraction of sp³-hybridized carbons (Fsp3) is 1.00. The Balaban J connectivity index is -0.0000000260. The molecule has 0 radical (unpaired) electrons. The number of ether oxygens (including phenoxy) is 1. The molecule has 0 atom stereocenters. The van der Waals surface area contributed by atoms with E-state index >= 15 is 0 Å². The van der Waals surface area contributed by atoms with Crippen molar-refractivity contribution in [2.24, 2.45) is 52.8 Å². The van der Waals surface area contributed by atoms with Gasteiger partial charge in [-0.05, 0) is 79.2 Å². The smallest absolute Gasteiger partial charge is 0.0485 e. The molecule has 0 aliphatic heterocycles. The topological polar surface area (TPSA) is 21.3 Å². The van der Waals surface area contributed by atoms with Gasteiger partial charge in [-0.2, -0.15) is 0 Å². The lowest BCUT2D eigenvalue weighted by Gasteiger charge is -2.10. The molecule has 1 aliphatic rings. The molecule has 1 fully saturated rings. The lowest BCUT2D eigenvalue weighted by molar-refractivity contribution is 0.167. The standard InChI is InChI=1S/C7H14.2C6H14.C5H13N.C5H12O.C5H12.7CH4/c1-6(2)7(3)4-5-7;2*1-5(2)6(3)4;2*1-5(2)4-6-3;1-4-5(2)3;;;;;;;/h6H,4-5H2,1-3H3;2*5-6H,1-4H3;5-6H,4H2,1-3H3;5H,4H2,1-3H3;5H,4H2,1-3H3;7*1H4. The van der Waals surface area contributed by atoms with Crippen LogP contribution in [-0.2, 0) is 4.74 Å². The van der Waals surface area contributed by atoms with Gasteiger partial charge in [-0.3, -0.25) is 0 Å². The van der Waals surface area contributed by atoms with Crippen molar-refractivity contribution in [3.63, 3.8) is 0 Å². The quantitative estimate of drug-likeness (QED) is 0.288. The van der Waals surface area contributed by atoms with Gasteiger partial charge in [-0.1, -0.05) is 183 Å². The van der Waals surface area contributed by atoms with Crippen LogP contribution in [0.4, 0.5) is 0 Å². The monoisotopic (exact) mass is 630 g/mol. The predicted octanol–water partition coefficient (Wildman–Crippen LogP) is 15.7. The summed E-state index contributed by atoms with van der Waals surface area (Å²) >= 11 is 0. The summed E-state index contributed by atoms with van der Waals surface area (Å²) in [6.07, 6.45) is 4.23. The van der Waals surface area contributed by atoms with E-state index in [1.165, 1.54) is 19.3 Å². The molecule has 0 aromatic carbocycles. The summed E-state index contributed by atoms with van der Waals surface area (Å²) in [6.45, 7) is 42.2. The van der Waals surface area contributed by atoms with Crippen LogP contribution in [0.2, 0.25) is 0 Å². The van der Waals surface area contributed by atoms with E-state index in [-0.39, 0.29) is 52.0 Å². The molecule has 0 saturated heterocycles. The Morgan fingerprint density at radius 3 is 0.791 bits per heavy atom. The van der Waals surface area contributed by atoms with Crippen molar-refractivity contribution in [3.8, 4) is 0 Å². The fourth-order valence-corrected chi connectivity index (χ4v) is 1.52. The molecule has 0 unspecified atom stereocenters. The first-order chi connectivity index (χ1) is 16.2. The Bertz CT molecular complexity index is 343. The van der Waals surface area contributed by atoms with Gasteiger partial charge in [-0.25, -0.2) is 0 Å². The lowest BCUT2D eigenvalue weighted by atomic mass is 9.95. The van der Waals surface area contributed by atoms with Crippen molar-refractivity contribution in [3.05, 3.63) is 0 Å². The summed E-state index contributed by atoms with van der Waals surface area (Å²) in [7, 11) is 3.69. The molecule has 0 bridgehead atoms. The average molecular weight is 630 g/mol. The first-order valence-electron chi connectivity index (χ1n) is 15.4. The summed E-state index contributed by atoms with van der Waals surface area (Å²) in [5.74, 6) is 6.66. The van der Waals surface area contributed by atoms with Crippen molar-refractivity contribution in [1.82, 2.24) is 5.32 Å². The van der Waals surface area contributed by atoms with E-state index in [2.05, 4.69) is 130 Å². The van der Waals surface area contributed by atoms with Gasteiger partial charge >= 0.3 is 0 Å². The Kier molecular flexibility index (Phi) is 94.5. The zero-order valence-electron chi connectivity index (χ0n) is 29.6. The zero-order valence-corrected chi connectivity index (χ0v) is 29.6. The van der Waals surface area contributed by atoms with E-state index in [1.807, 2.05) is 7.05 Å². The van der Waals surface area contributed by atoms with Gasteiger partial charge in [0.25, 0.3) is 0 Å². The van der Waals surface area contributed by atoms with E-state index in [0.29, 0.717) is 5.92 Å². The van der Waals surface area contributed by atoms with Gasteiger partial charge in [0.1, 0.15) is 0 Å².